The molecule has 1 aliphatic carbocycles. The van der Waals surface area contributed by atoms with E-state index in [4.69, 9.17) is 0 Å². The number of methoxy groups -OCH3 is 1. The molecule has 26 heavy (non-hydrogen) atoms. The third kappa shape index (κ3) is 5.34. The van der Waals surface area contributed by atoms with E-state index in [1.807, 2.05) is 0 Å². The smallest absolute Gasteiger partial charge is 0.377 e. The van der Waals surface area contributed by atoms with E-state index in [0.29, 0.717) is 13.0 Å². The van der Waals surface area contributed by atoms with E-state index < -0.39 is 12.0 Å². The normalized spacial score (nSPS) is 24.2. The van der Waals surface area contributed by atoms with E-state index in [2.05, 4.69) is 50.5 Å². The first kappa shape index (κ1) is 20.0. The minimum atomic E-state index is -0.659. The fraction of sp³-hybridized carbons (Fsp3) is 0.688. The predicted molar refractivity (Wildman–Crippen MR) is 95.9 cm³/mol. The second kappa shape index (κ2) is 7.92. The molecular weight excluding hydrogens is 358 g/mol. The molecule has 1 fully saturated rings. The quantitative estimate of drug-likeness (QED) is 0.458. The van der Waals surface area contributed by atoms with Crippen LogP contribution in [-0.2, 0) is 9.53 Å². The van der Waals surface area contributed by atoms with Crippen LogP contribution in [0.1, 0.15) is 50.7 Å². The summed E-state index contributed by atoms with van der Waals surface area (Å²) in [4.78, 5) is 41.9. The largest absolute Gasteiger partial charge is 0.463 e. The third-order valence-electron chi connectivity index (χ3n) is 4.35. The van der Waals surface area contributed by atoms with Crippen molar-refractivity contribution in [3.05, 3.63) is 5.82 Å². The maximum atomic E-state index is 12.1. The minimum Gasteiger partial charge on any atom is -0.463 e. The summed E-state index contributed by atoms with van der Waals surface area (Å²) >= 11 is 0.897. The number of carbonyl (C=O) groups is 2. The zero-order valence-electron chi connectivity index (χ0n) is 15.3. The second-order valence-corrected chi connectivity index (χ2v) is 8.41. The zero-order chi connectivity index (χ0) is 19.4. The van der Waals surface area contributed by atoms with E-state index in [0.717, 1.165) is 24.4 Å². The standard InChI is InChI=1S/C16H23N5O4S/c1-15(2)5-10(18-9-22)6-16(3,7-15)8-17-13(24)20-14-19-11(21-26-14)12(23)25-4/h10H,5-8H2,1-4H3,(H2,17,19,20,21,24). The monoisotopic (exact) mass is 381 g/mol. The van der Waals surface area contributed by atoms with Crippen LogP contribution in [0.15, 0.2) is 4.99 Å². The number of ether oxygens (including phenoxy) is 1. The molecule has 0 bridgehead atoms. The van der Waals surface area contributed by atoms with Crippen LogP contribution in [0.4, 0.5) is 9.93 Å². The highest BCUT2D eigenvalue weighted by molar-refractivity contribution is 7.10. The lowest BCUT2D eigenvalue weighted by atomic mass is 9.63. The molecule has 1 saturated carbocycles. The van der Waals surface area contributed by atoms with Gasteiger partial charge in [0, 0.05) is 18.1 Å². The van der Waals surface area contributed by atoms with Crippen molar-refractivity contribution in [1.82, 2.24) is 14.7 Å². The molecular formula is C16H23N5O4S. The van der Waals surface area contributed by atoms with Gasteiger partial charge in [0.1, 0.15) is 0 Å². The van der Waals surface area contributed by atoms with Crippen LogP contribution < -0.4 is 10.6 Å². The van der Waals surface area contributed by atoms with Gasteiger partial charge < -0.3 is 10.1 Å². The summed E-state index contributed by atoms with van der Waals surface area (Å²) in [6.07, 6.45) is 4.08. The topological polar surface area (TPSA) is 123 Å². The van der Waals surface area contributed by atoms with E-state index in [-0.39, 0.29) is 27.8 Å². The number of nitrogens with zero attached hydrogens (tertiary/aromatic N) is 3. The summed E-state index contributed by atoms with van der Waals surface area (Å²) in [6.45, 7) is 6.76. The number of esters is 1. The second-order valence-electron chi connectivity index (χ2n) is 7.66. The maximum absolute atomic E-state index is 12.1. The number of aliphatic imine (C=N–C) groups is 1. The number of nitrogens with one attached hydrogen (secondary N) is 2. The number of hydrogen-bond donors (Lipinski definition) is 2. The number of isocyanates is 1. The number of carbonyl (C=O) groups excluding carboxylic acids is 3. The number of aromatic nitrogens is 2. The Morgan fingerprint density at radius 3 is 2.77 bits per heavy atom. The summed E-state index contributed by atoms with van der Waals surface area (Å²) in [5.74, 6) is -0.753. The van der Waals surface area contributed by atoms with Gasteiger partial charge in [0.25, 0.3) is 5.82 Å². The predicted octanol–water partition coefficient (Wildman–Crippen LogP) is 2.37. The number of rotatable bonds is 5. The van der Waals surface area contributed by atoms with Gasteiger partial charge in [-0.1, -0.05) is 20.8 Å². The third-order valence-corrected chi connectivity index (χ3v) is 4.98. The van der Waals surface area contributed by atoms with Crippen molar-refractivity contribution in [2.75, 3.05) is 19.0 Å². The van der Waals surface area contributed by atoms with Gasteiger partial charge in [-0.15, -0.1) is 0 Å². The van der Waals surface area contributed by atoms with Gasteiger partial charge in [0.05, 0.1) is 13.2 Å². The molecule has 2 N–H and O–H groups in total. The Kier molecular flexibility index (Phi) is 6.09. The van der Waals surface area contributed by atoms with Gasteiger partial charge in [-0.25, -0.2) is 19.4 Å². The molecule has 9 nitrogen and oxygen atoms in total. The first-order chi connectivity index (χ1) is 12.2. The number of hydrogen-bond acceptors (Lipinski definition) is 8. The summed E-state index contributed by atoms with van der Waals surface area (Å²) in [6, 6.07) is -0.519. The van der Waals surface area contributed by atoms with Crippen molar-refractivity contribution in [3.8, 4) is 0 Å². The molecule has 1 heterocycles. The van der Waals surface area contributed by atoms with E-state index >= 15 is 0 Å². The number of amides is 2. The Bertz CT molecular complexity index is 728. The molecule has 10 heteroatoms. The maximum Gasteiger partial charge on any atom is 0.377 e. The van der Waals surface area contributed by atoms with Crippen LogP contribution in [0.3, 0.4) is 0 Å². The Morgan fingerprint density at radius 1 is 1.38 bits per heavy atom. The summed E-state index contributed by atoms with van der Waals surface area (Å²) < 4.78 is 8.34. The molecule has 1 aromatic rings. The molecule has 2 unspecified atom stereocenters. The van der Waals surface area contributed by atoms with Crippen LogP contribution in [-0.4, -0.2) is 47.1 Å². The van der Waals surface area contributed by atoms with Crippen LogP contribution in [0.25, 0.3) is 0 Å². The molecule has 2 amide bonds. The molecule has 0 spiro atoms. The SMILES string of the molecule is COC(=O)c1nsc(NC(=O)NCC2(C)CC(N=C=O)CC(C)(C)C2)n1. The van der Waals surface area contributed by atoms with Gasteiger partial charge in [-0.05, 0) is 30.1 Å². The lowest BCUT2D eigenvalue weighted by Gasteiger charge is -2.45. The first-order valence-corrected chi connectivity index (χ1v) is 8.98. The van der Waals surface area contributed by atoms with Gasteiger partial charge in [0.15, 0.2) is 0 Å². The Labute approximate surface area is 155 Å². The highest BCUT2D eigenvalue weighted by Gasteiger charge is 2.41. The molecule has 1 aromatic heterocycles. The van der Waals surface area contributed by atoms with Crippen molar-refractivity contribution in [2.24, 2.45) is 15.8 Å². The Balaban J connectivity index is 1.94. The molecule has 0 aliphatic heterocycles. The first-order valence-electron chi connectivity index (χ1n) is 8.20. The average molecular weight is 381 g/mol. The number of urea groups is 1. The fourth-order valence-electron chi connectivity index (χ4n) is 3.76. The van der Waals surface area contributed by atoms with E-state index in [1.165, 1.54) is 7.11 Å². The molecule has 1 aliphatic rings. The summed E-state index contributed by atoms with van der Waals surface area (Å²) in [5, 5.41) is 5.59. The highest BCUT2D eigenvalue weighted by atomic mass is 32.1. The van der Waals surface area contributed by atoms with Crippen molar-refractivity contribution in [3.63, 3.8) is 0 Å². The zero-order valence-corrected chi connectivity index (χ0v) is 16.1. The van der Waals surface area contributed by atoms with E-state index in [1.54, 1.807) is 6.08 Å². The minimum absolute atomic E-state index is 0.0187. The van der Waals surface area contributed by atoms with Crippen LogP contribution >= 0.6 is 11.5 Å². The van der Waals surface area contributed by atoms with Crippen molar-refractivity contribution in [2.45, 2.75) is 46.1 Å². The highest BCUT2D eigenvalue weighted by Crippen LogP contribution is 2.46. The van der Waals surface area contributed by atoms with Crippen LogP contribution in [0, 0.1) is 10.8 Å². The lowest BCUT2D eigenvalue weighted by molar-refractivity contribution is 0.0588. The van der Waals surface area contributed by atoms with Crippen LogP contribution in [0.2, 0.25) is 0 Å². The fourth-order valence-corrected chi connectivity index (χ4v) is 4.32. The van der Waals surface area contributed by atoms with Crippen molar-refractivity contribution < 1.29 is 19.1 Å². The molecule has 0 saturated heterocycles. The molecule has 142 valence electrons. The van der Waals surface area contributed by atoms with Crippen LogP contribution in [0.5, 0.6) is 0 Å². The Morgan fingerprint density at radius 2 is 2.12 bits per heavy atom. The summed E-state index contributed by atoms with van der Waals surface area (Å²) in [7, 11) is 1.23. The lowest BCUT2D eigenvalue weighted by Crippen LogP contribution is -2.45. The van der Waals surface area contributed by atoms with E-state index in [9.17, 15) is 14.4 Å². The molecule has 0 radical (unpaired) electrons. The van der Waals surface area contributed by atoms with Gasteiger partial charge in [0.2, 0.25) is 11.2 Å². The molecule has 2 atom stereocenters. The van der Waals surface area contributed by atoms with Gasteiger partial charge in [-0.3, -0.25) is 5.32 Å². The number of anilines is 1. The average Bonchev–Trinajstić information content (AvgIpc) is 2.99. The Hall–Kier alpha value is -2.32. The van der Waals surface area contributed by atoms with Crippen molar-refractivity contribution >= 4 is 34.7 Å². The summed E-state index contributed by atoms with van der Waals surface area (Å²) in [5.41, 5.74) is -0.173. The van der Waals surface area contributed by atoms with Crippen molar-refractivity contribution in [1.29, 1.82) is 0 Å². The molecule has 2 rings (SSSR count). The van der Waals surface area contributed by atoms with Gasteiger partial charge >= 0.3 is 12.0 Å². The van der Waals surface area contributed by atoms with Gasteiger partial charge in [-0.2, -0.15) is 9.36 Å². The molecule has 0 aromatic carbocycles.